The van der Waals surface area contributed by atoms with Crippen LogP contribution in [0.5, 0.6) is 0 Å². The number of likely N-dealkylation sites (N-methyl/N-ethyl adjacent to an activating group) is 1. The quantitative estimate of drug-likeness (QED) is 0.573. The van der Waals surface area contributed by atoms with Gasteiger partial charge in [0.05, 0.1) is 4.90 Å². The smallest absolute Gasteiger partial charge is 0.240 e. The van der Waals surface area contributed by atoms with Crippen LogP contribution < -0.4 is 14.5 Å². The Kier molecular flexibility index (Phi) is 5.66. The van der Waals surface area contributed by atoms with Crippen LogP contribution in [0.25, 0.3) is 0 Å². The molecule has 32 heavy (non-hydrogen) atoms. The predicted octanol–water partition coefficient (Wildman–Crippen LogP) is 4.28. The molecule has 6 heteroatoms. The van der Waals surface area contributed by atoms with E-state index in [-0.39, 0.29) is 0 Å². The summed E-state index contributed by atoms with van der Waals surface area (Å²) in [6, 6.07) is 22.5. The van der Waals surface area contributed by atoms with E-state index >= 15 is 0 Å². The number of nitrogens with one attached hydrogen (secondary N) is 1. The lowest BCUT2D eigenvalue weighted by Crippen LogP contribution is -2.28. The number of rotatable bonds is 6. The Balaban J connectivity index is 1.29. The van der Waals surface area contributed by atoms with Crippen molar-refractivity contribution in [2.24, 2.45) is 0 Å². The number of hydrogen-bond acceptors (Lipinski definition) is 4. The van der Waals surface area contributed by atoms with Crippen molar-refractivity contribution in [1.82, 2.24) is 4.72 Å². The van der Waals surface area contributed by atoms with Gasteiger partial charge < -0.3 is 9.80 Å². The van der Waals surface area contributed by atoms with E-state index in [0.717, 1.165) is 38.0 Å². The first-order valence-electron chi connectivity index (χ1n) is 11.3. The molecule has 3 aromatic rings. The molecule has 2 heterocycles. The van der Waals surface area contributed by atoms with E-state index in [9.17, 15) is 8.42 Å². The largest absolute Gasteiger partial charge is 0.374 e. The van der Waals surface area contributed by atoms with Gasteiger partial charge in [0.2, 0.25) is 10.0 Å². The Hall–Kier alpha value is -2.83. The molecule has 5 nitrogen and oxygen atoms in total. The minimum Gasteiger partial charge on any atom is -0.374 e. The number of anilines is 3. The molecule has 1 N–H and O–H groups in total. The fourth-order valence-corrected chi connectivity index (χ4v) is 5.92. The van der Waals surface area contributed by atoms with E-state index in [1.54, 1.807) is 12.1 Å². The molecule has 5 rings (SSSR count). The van der Waals surface area contributed by atoms with Gasteiger partial charge in [-0.05, 0) is 66.6 Å². The van der Waals surface area contributed by atoms with Crippen molar-refractivity contribution in [3.8, 4) is 0 Å². The van der Waals surface area contributed by atoms with Crippen LogP contribution in [0.4, 0.5) is 17.1 Å². The highest BCUT2D eigenvalue weighted by molar-refractivity contribution is 7.89. The summed E-state index contributed by atoms with van der Waals surface area (Å²) in [5.41, 5.74) is 7.36. The van der Waals surface area contributed by atoms with Gasteiger partial charge in [0.15, 0.2) is 0 Å². The highest BCUT2D eigenvalue weighted by Gasteiger charge is 2.22. The lowest BCUT2D eigenvalue weighted by molar-refractivity contribution is 0.579. The van der Waals surface area contributed by atoms with E-state index < -0.39 is 10.0 Å². The van der Waals surface area contributed by atoms with Crippen LogP contribution in [0.1, 0.15) is 23.1 Å². The van der Waals surface area contributed by atoms with Crippen molar-refractivity contribution in [3.63, 3.8) is 0 Å². The first kappa shape index (κ1) is 21.0. The Labute approximate surface area is 190 Å². The maximum absolute atomic E-state index is 12.9. The van der Waals surface area contributed by atoms with E-state index in [2.05, 4.69) is 63.1 Å². The molecule has 0 bridgehead atoms. The van der Waals surface area contributed by atoms with Gasteiger partial charge in [0, 0.05) is 43.7 Å². The number of aryl methyl sites for hydroxylation is 2. The summed E-state index contributed by atoms with van der Waals surface area (Å²) in [7, 11) is -1.53. The number of fused-ring (bicyclic) bond motifs is 3. The first-order valence-corrected chi connectivity index (χ1v) is 12.8. The molecule has 3 aromatic carbocycles. The van der Waals surface area contributed by atoms with Crippen molar-refractivity contribution in [2.45, 2.75) is 30.6 Å². The Bertz CT molecular complexity index is 1190. The standard InChI is InChI=1S/C26H29N3O2S/c1-28-18-15-22-13-14-23(19-26(22)28)32(30,31)27-16-6-17-29-24-9-4-2-7-20(24)11-12-21-8-3-5-10-25(21)29/h2-5,7-10,13-14,19,27H,6,11-12,15-18H2,1H3. The zero-order valence-electron chi connectivity index (χ0n) is 18.4. The van der Waals surface area contributed by atoms with Gasteiger partial charge in [0.1, 0.15) is 0 Å². The Morgan fingerprint density at radius 2 is 1.44 bits per heavy atom. The third-order valence-corrected chi connectivity index (χ3v) is 8.03. The molecule has 0 amide bonds. The van der Waals surface area contributed by atoms with Crippen LogP contribution in [-0.4, -0.2) is 35.1 Å². The third-order valence-electron chi connectivity index (χ3n) is 6.57. The molecule has 0 unspecified atom stereocenters. The molecule has 2 aliphatic heterocycles. The number of hydrogen-bond donors (Lipinski definition) is 1. The molecule has 0 radical (unpaired) electrons. The second-order valence-corrected chi connectivity index (χ2v) is 10.4. The molecule has 0 saturated heterocycles. The number of nitrogens with zero attached hydrogens (tertiary/aromatic N) is 2. The fourth-order valence-electron chi connectivity index (χ4n) is 4.82. The molecule has 166 valence electrons. The highest BCUT2D eigenvalue weighted by Crippen LogP contribution is 2.36. The number of sulfonamides is 1. The fraction of sp³-hybridized carbons (Fsp3) is 0.308. The molecule has 0 fully saturated rings. The highest BCUT2D eigenvalue weighted by atomic mass is 32.2. The Morgan fingerprint density at radius 3 is 2.12 bits per heavy atom. The predicted molar refractivity (Wildman–Crippen MR) is 131 cm³/mol. The summed E-state index contributed by atoms with van der Waals surface area (Å²) in [6.07, 6.45) is 3.72. The summed E-state index contributed by atoms with van der Waals surface area (Å²) < 4.78 is 28.6. The normalized spacial score (nSPS) is 15.2. The summed E-state index contributed by atoms with van der Waals surface area (Å²) in [6.45, 7) is 2.09. The summed E-state index contributed by atoms with van der Waals surface area (Å²) >= 11 is 0. The topological polar surface area (TPSA) is 52.7 Å². The van der Waals surface area contributed by atoms with Crippen molar-refractivity contribution in [2.75, 3.05) is 36.5 Å². The van der Waals surface area contributed by atoms with Crippen LogP contribution in [0.3, 0.4) is 0 Å². The molecular formula is C26H29N3O2S. The lowest BCUT2D eigenvalue weighted by Gasteiger charge is -2.27. The second-order valence-electron chi connectivity index (χ2n) is 8.62. The molecule has 0 aromatic heterocycles. The van der Waals surface area contributed by atoms with E-state index in [1.807, 2.05) is 13.1 Å². The van der Waals surface area contributed by atoms with Crippen molar-refractivity contribution >= 4 is 27.1 Å². The maximum atomic E-state index is 12.9. The van der Waals surface area contributed by atoms with Crippen molar-refractivity contribution < 1.29 is 8.42 Å². The van der Waals surface area contributed by atoms with Gasteiger partial charge >= 0.3 is 0 Å². The Morgan fingerprint density at radius 1 is 0.812 bits per heavy atom. The van der Waals surface area contributed by atoms with E-state index in [4.69, 9.17) is 0 Å². The van der Waals surface area contributed by atoms with Crippen molar-refractivity contribution in [1.29, 1.82) is 0 Å². The van der Waals surface area contributed by atoms with Gasteiger partial charge in [0.25, 0.3) is 0 Å². The molecule has 0 spiro atoms. The van der Waals surface area contributed by atoms with Gasteiger partial charge in [-0.3, -0.25) is 0 Å². The summed E-state index contributed by atoms with van der Waals surface area (Å²) in [5, 5.41) is 0. The molecule has 0 atom stereocenters. The molecule has 0 aliphatic carbocycles. The van der Waals surface area contributed by atoms with Crippen LogP contribution in [0.15, 0.2) is 71.6 Å². The van der Waals surface area contributed by atoms with Crippen LogP contribution in [0, 0.1) is 0 Å². The summed E-state index contributed by atoms with van der Waals surface area (Å²) in [4.78, 5) is 4.80. The van der Waals surface area contributed by atoms with Crippen LogP contribution in [-0.2, 0) is 29.3 Å². The molecule has 2 aliphatic rings. The minimum atomic E-state index is -3.53. The average molecular weight is 448 g/mol. The monoisotopic (exact) mass is 447 g/mol. The molecular weight excluding hydrogens is 418 g/mol. The SMILES string of the molecule is CN1CCc2ccc(S(=O)(=O)NCCCN3c4ccccc4CCc4ccccc43)cc21. The number of para-hydroxylation sites is 2. The van der Waals surface area contributed by atoms with Gasteiger partial charge in [-0.2, -0.15) is 0 Å². The second kappa shape index (κ2) is 8.60. The van der Waals surface area contributed by atoms with Gasteiger partial charge in [-0.15, -0.1) is 0 Å². The van der Waals surface area contributed by atoms with E-state index in [0.29, 0.717) is 17.9 Å². The third kappa shape index (κ3) is 4.00. The summed E-state index contributed by atoms with van der Waals surface area (Å²) in [5.74, 6) is 0. The molecule has 0 saturated carbocycles. The van der Waals surface area contributed by atoms with Gasteiger partial charge in [-0.25, -0.2) is 13.1 Å². The zero-order chi connectivity index (χ0) is 22.1. The lowest BCUT2D eigenvalue weighted by atomic mass is 10.0. The average Bonchev–Trinajstić information content (AvgIpc) is 3.10. The first-order chi connectivity index (χ1) is 15.5. The van der Waals surface area contributed by atoms with E-state index in [1.165, 1.54) is 28.1 Å². The minimum absolute atomic E-state index is 0.343. The van der Waals surface area contributed by atoms with Crippen molar-refractivity contribution in [3.05, 3.63) is 83.4 Å². The van der Waals surface area contributed by atoms with Crippen LogP contribution in [0.2, 0.25) is 0 Å². The maximum Gasteiger partial charge on any atom is 0.240 e. The van der Waals surface area contributed by atoms with Gasteiger partial charge in [-0.1, -0.05) is 42.5 Å². The van der Waals surface area contributed by atoms with Crippen LogP contribution >= 0.6 is 0 Å². The number of benzene rings is 3. The zero-order valence-corrected chi connectivity index (χ0v) is 19.2.